The first-order valence-corrected chi connectivity index (χ1v) is 7.34. The molecule has 1 aromatic rings. The third-order valence-corrected chi connectivity index (χ3v) is 4.04. The van der Waals surface area contributed by atoms with E-state index in [2.05, 4.69) is 26.8 Å². The Labute approximate surface area is 121 Å². The number of ether oxygens (including phenoxy) is 1. The quantitative estimate of drug-likeness (QED) is 0.829. The van der Waals surface area contributed by atoms with Gasteiger partial charge in [-0.3, -0.25) is 4.79 Å². The zero-order valence-corrected chi connectivity index (χ0v) is 13.0. The van der Waals surface area contributed by atoms with Crippen LogP contribution in [0.2, 0.25) is 0 Å². The summed E-state index contributed by atoms with van der Waals surface area (Å²) in [6.45, 7) is 8.08. The van der Waals surface area contributed by atoms with Crippen molar-refractivity contribution in [2.75, 3.05) is 20.2 Å². The van der Waals surface area contributed by atoms with Crippen LogP contribution >= 0.6 is 0 Å². The van der Waals surface area contributed by atoms with Crippen LogP contribution in [0.4, 0.5) is 0 Å². The zero-order chi connectivity index (χ0) is 14.8. The maximum absolute atomic E-state index is 12.6. The fourth-order valence-corrected chi connectivity index (χ4v) is 2.60. The lowest BCUT2D eigenvalue weighted by atomic mass is 9.86. The lowest BCUT2D eigenvalue weighted by Gasteiger charge is -2.31. The second-order valence-corrected chi connectivity index (χ2v) is 6.56. The van der Waals surface area contributed by atoms with Crippen molar-refractivity contribution in [2.45, 2.75) is 45.1 Å². The molecule has 3 heteroatoms. The van der Waals surface area contributed by atoms with E-state index in [0.29, 0.717) is 6.10 Å². The highest BCUT2D eigenvalue weighted by Gasteiger charge is 2.24. The number of likely N-dealkylation sites (tertiary alicyclic amines) is 1. The maximum atomic E-state index is 12.6. The summed E-state index contributed by atoms with van der Waals surface area (Å²) in [6, 6.07) is 8.02. The molecule has 0 saturated carbocycles. The monoisotopic (exact) mass is 275 g/mol. The molecule has 1 aliphatic rings. The highest BCUT2D eigenvalue weighted by Crippen LogP contribution is 2.24. The van der Waals surface area contributed by atoms with Gasteiger partial charge < -0.3 is 9.64 Å². The van der Waals surface area contributed by atoms with Crippen molar-refractivity contribution in [3.8, 4) is 0 Å². The van der Waals surface area contributed by atoms with Crippen LogP contribution in [0, 0.1) is 0 Å². The first-order chi connectivity index (χ1) is 9.41. The van der Waals surface area contributed by atoms with E-state index in [1.165, 1.54) is 5.56 Å². The van der Waals surface area contributed by atoms with Gasteiger partial charge in [0, 0.05) is 25.8 Å². The van der Waals surface area contributed by atoms with E-state index in [1.54, 1.807) is 7.11 Å². The highest BCUT2D eigenvalue weighted by molar-refractivity contribution is 5.94. The van der Waals surface area contributed by atoms with Gasteiger partial charge in [0.1, 0.15) is 0 Å². The summed E-state index contributed by atoms with van der Waals surface area (Å²) in [6.07, 6.45) is 2.17. The van der Waals surface area contributed by atoms with Crippen molar-refractivity contribution >= 4 is 5.91 Å². The van der Waals surface area contributed by atoms with E-state index < -0.39 is 0 Å². The summed E-state index contributed by atoms with van der Waals surface area (Å²) < 4.78 is 5.35. The van der Waals surface area contributed by atoms with Crippen LogP contribution < -0.4 is 0 Å². The van der Waals surface area contributed by atoms with Gasteiger partial charge in [-0.05, 0) is 36.0 Å². The molecule has 0 unspecified atom stereocenters. The minimum absolute atomic E-state index is 0.0688. The van der Waals surface area contributed by atoms with Crippen molar-refractivity contribution in [1.29, 1.82) is 0 Å². The Balaban J connectivity index is 2.10. The standard InChI is InChI=1S/C17H25NO2/c1-17(2,3)14-7-5-6-13(12-14)16(19)18-10-8-15(20-4)9-11-18/h5-7,12,15H,8-11H2,1-4H3. The van der Waals surface area contributed by atoms with Gasteiger partial charge in [0.05, 0.1) is 6.10 Å². The second-order valence-electron chi connectivity index (χ2n) is 6.56. The molecule has 0 spiro atoms. The normalized spacial score (nSPS) is 17.3. The van der Waals surface area contributed by atoms with Gasteiger partial charge >= 0.3 is 0 Å². The number of hydrogen-bond acceptors (Lipinski definition) is 2. The zero-order valence-electron chi connectivity index (χ0n) is 13.0. The molecule has 0 radical (unpaired) electrons. The number of hydrogen-bond donors (Lipinski definition) is 0. The van der Waals surface area contributed by atoms with Crippen LogP contribution in [0.1, 0.15) is 49.5 Å². The van der Waals surface area contributed by atoms with Crippen LogP contribution in [0.5, 0.6) is 0 Å². The van der Waals surface area contributed by atoms with Gasteiger partial charge in [-0.25, -0.2) is 0 Å². The molecule has 0 aliphatic carbocycles. The summed E-state index contributed by atoms with van der Waals surface area (Å²) in [5.74, 6) is 0.144. The third kappa shape index (κ3) is 3.40. The largest absolute Gasteiger partial charge is 0.381 e. The minimum atomic E-state index is 0.0688. The molecule has 20 heavy (non-hydrogen) atoms. The molecule has 1 aromatic carbocycles. The number of amides is 1. The Morgan fingerprint density at radius 2 is 1.90 bits per heavy atom. The molecule has 0 aromatic heterocycles. The number of carbonyl (C=O) groups excluding carboxylic acids is 1. The first kappa shape index (κ1) is 15.0. The number of nitrogens with zero attached hydrogens (tertiary/aromatic N) is 1. The molecule has 0 atom stereocenters. The lowest BCUT2D eigenvalue weighted by Crippen LogP contribution is -2.40. The Kier molecular flexibility index (Phi) is 4.48. The smallest absolute Gasteiger partial charge is 0.253 e. The van der Waals surface area contributed by atoms with Crippen molar-refractivity contribution in [3.63, 3.8) is 0 Å². The van der Waals surface area contributed by atoms with Crippen molar-refractivity contribution in [1.82, 2.24) is 4.90 Å². The molecular formula is C17H25NO2. The Bertz CT molecular complexity index is 468. The number of methoxy groups -OCH3 is 1. The van der Waals surface area contributed by atoms with Crippen LogP contribution in [0.25, 0.3) is 0 Å². The minimum Gasteiger partial charge on any atom is -0.381 e. The number of carbonyl (C=O) groups is 1. The lowest BCUT2D eigenvalue weighted by molar-refractivity contribution is 0.0350. The molecule has 3 nitrogen and oxygen atoms in total. The average Bonchev–Trinajstić information content (AvgIpc) is 2.46. The summed E-state index contributed by atoms with van der Waals surface area (Å²) in [5.41, 5.74) is 2.07. The Hall–Kier alpha value is -1.35. The van der Waals surface area contributed by atoms with Crippen LogP contribution in [-0.4, -0.2) is 37.1 Å². The van der Waals surface area contributed by atoms with Crippen LogP contribution in [-0.2, 0) is 10.2 Å². The predicted octanol–water partition coefficient (Wildman–Crippen LogP) is 3.24. The van der Waals surface area contributed by atoms with Crippen molar-refractivity contribution in [3.05, 3.63) is 35.4 Å². The number of benzene rings is 1. The second kappa shape index (κ2) is 5.96. The SMILES string of the molecule is COC1CCN(C(=O)c2cccc(C(C)(C)C)c2)CC1. The van der Waals surface area contributed by atoms with Gasteiger partial charge in [-0.1, -0.05) is 32.9 Å². The van der Waals surface area contributed by atoms with E-state index in [1.807, 2.05) is 23.1 Å². The van der Waals surface area contributed by atoms with E-state index in [4.69, 9.17) is 4.74 Å². The first-order valence-electron chi connectivity index (χ1n) is 7.34. The van der Waals surface area contributed by atoms with Crippen molar-refractivity contribution < 1.29 is 9.53 Å². The molecule has 0 N–H and O–H groups in total. The molecule has 0 bridgehead atoms. The average molecular weight is 275 g/mol. The molecule has 1 fully saturated rings. The van der Waals surface area contributed by atoms with E-state index in [0.717, 1.165) is 31.5 Å². The van der Waals surface area contributed by atoms with Gasteiger partial charge in [0.25, 0.3) is 5.91 Å². The maximum Gasteiger partial charge on any atom is 0.253 e. The summed E-state index contributed by atoms with van der Waals surface area (Å²) in [4.78, 5) is 14.5. The van der Waals surface area contributed by atoms with Crippen LogP contribution in [0.15, 0.2) is 24.3 Å². The van der Waals surface area contributed by atoms with Gasteiger partial charge in [0.2, 0.25) is 0 Å². The topological polar surface area (TPSA) is 29.5 Å². The van der Waals surface area contributed by atoms with Gasteiger partial charge in [0.15, 0.2) is 0 Å². The van der Waals surface area contributed by atoms with E-state index in [9.17, 15) is 4.79 Å². The number of rotatable bonds is 2. The highest BCUT2D eigenvalue weighted by atomic mass is 16.5. The Morgan fingerprint density at radius 1 is 1.25 bits per heavy atom. The van der Waals surface area contributed by atoms with Gasteiger partial charge in [-0.2, -0.15) is 0 Å². The fourth-order valence-electron chi connectivity index (χ4n) is 2.60. The fraction of sp³-hybridized carbons (Fsp3) is 0.588. The summed E-state index contributed by atoms with van der Waals surface area (Å²) in [5, 5.41) is 0. The molecule has 1 saturated heterocycles. The van der Waals surface area contributed by atoms with Gasteiger partial charge in [-0.15, -0.1) is 0 Å². The van der Waals surface area contributed by atoms with E-state index >= 15 is 0 Å². The summed E-state index contributed by atoms with van der Waals surface area (Å²) in [7, 11) is 1.74. The molecule has 1 heterocycles. The molecule has 110 valence electrons. The van der Waals surface area contributed by atoms with Crippen molar-refractivity contribution in [2.24, 2.45) is 0 Å². The molecular weight excluding hydrogens is 250 g/mol. The van der Waals surface area contributed by atoms with Crippen LogP contribution in [0.3, 0.4) is 0 Å². The predicted molar refractivity (Wildman–Crippen MR) is 81.1 cm³/mol. The molecule has 1 amide bonds. The third-order valence-electron chi connectivity index (χ3n) is 4.04. The molecule has 2 rings (SSSR count). The summed E-state index contributed by atoms with van der Waals surface area (Å²) >= 11 is 0. The Morgan fingerprint density at radius 3 is 2.45 bits per heavy atom. The van der Waals surface area contributed by atoms with E-state index in [-0.39, 0.29) is 11.3 Å². The number of piperidine rings is 1. The molecule has 1 aliphatic heterocycles.